The van der Waals surface area contributed by atoms with E-state index in [0.717, 1.165) is 10.0 Å². The number of morpholine rings is 1. The fraction of sp³-hybridized carbons (Fsp3) is 0.438. The van der Waals surface area contributed by atoms with Crippen LogP contribution in [-0.2, 0) is 9.53 Å². The Morgan fingerprint density at radius 2 is 2.08 bits per heavy atom. The molecule has 1 aliphatic rings. The number of ether oxygens (including phenoxy) is 1. The van der Waals surface area contributed by atoms with Gasteiger partial charge in [-0.3, -0.25) is 4.79 Å². The van der Waals surface area contributed by atoms with Crippen molar-refractivity contribution in [1.29, 1.82) is 0 Å². The van der Waals surface area contributed by atoms with Crippen molar-refractivity contribution >= 4 is 33.6 Å². The Hall–Kier alpha value is -1.38. The maximum Gasteiger partial charge on any atom is 0.277 e. The van der Waals surface area contributed by atoms with E-state index in [0.29, 0.717) is 24.2 Å². The molecule has 0 radical (unpaired) electrons. The van der Waals surface area contributed by atoms with Gasteiger partial charge in [-0.15, -0.1) is 10.2 Å². The second-order valence-electron chi connectivity index (χ2n) is 5.73. The normalized spacial score (nSPS) is 21.0. The van der Waals surface area contributed by atoms with Gasteiger partial charge in [0.15, 0.2) is 0 Å². The van der Waals surface area contributed by atoms with Crippen LogP contribution in [0, 0.1) is 0 Å². The molecule has 2 heterocycles. The van der Waals surface area contributed by atoms with Gasteiger partial charge in [0.1, 0.15) is 0 Å². The second-order valence-corrected chi connectivity index (χ2v) is 7.57. The van der Waals surface area contributed by atoms with Crippen molar-refractivity contribution in [3.8, 4) is 11.5 Å². The molecule has 3 rings (SSSR count). The summed E-state index contributed by atoms with van der Waals surface area (Å²) in [4.78, 5) is 14.2. The van der Waals surface area contributed by atoms with Crippen LogP contribution in [0.3, 0.4) is 0 Å². The Morgan fingerprint density at radius 1 is 1.33 bits per heavy atom. The Kier molecular flexibility index (Phi) is 5.57. The summed E-state index contributed by atoms with van der Waals surface area (Å²) in [5.41, 5.74) is 0.839. The molecule has 1 aliphatic heterocycles. The monoisotopic (exact) mass is 411 g/mol. The van der Waals surface area contributed by atoms with Crippen molar-refractivity contribution < 1.29 is 13.9 Å². The van der Waals surface area contributed by atoms with Crippen molar-refractivity contribution in [1.82, 2.24) is 15.1 Å². The summed E-state index contributed by atoms with van der Waals surface area (Å²) in [6, 6.07) is 7.64. The van der Waals surface area contributed by atoms with Crippen LogP contribution in [0.15, 0.2) is 38.4 Å². The van der Waals surface area contributed by atoms with Gasteiger partial charge in [-0.1, -0.05) is 33.8 Å². The molecule has 0 saturated carbocycles. The quantitative estimate of drug-likeness (QED) is 0.719. The number of nitrogens with zero attached hydrogens (tertiary/aromatic N) is 3. The lowest BCUT2D eigenvalue weighted by Gasteiger charge is -2.35. The van der Waals surface area contributed by atoms with E-state index in [4.69, 9.17) is 9.15 Å². The first-order valence-electron chi connectivity index (χ1n) is 7.66. The number of aromatic nitrogens is 2. The molecule has 1 aromatic carbocycles. The van der Waals surface area contributed by atoms with Crippen LogP contribution in [0.2, 0.25) is 0 Å². The molecule has 1 saturated heterocycles. The molecule has 0 aliphatic carbocycles. The molecule has 24 heavy (non-hydrogen) atoms. The van der Waals surface area contributed by atoms with E-state index in [9.17, 15) is 4.79 Å². The molecule has 0 bridgehead atoms. The standard InChI is InChI=1S/C16H18BrN3O3S/c1-10-7-20(8-11(2)22-10)14(21)9-24-16-19-18-15(23-16)12-4-3-5-13(17)6-12/h3-6,10-11H,7-9H2,1-2H3. The number of hydrogen-bond acceptors (Lipinski definition) is 6. The molecule has 2 aromatic rings. The molecule has 2 unspecified atom stereocenters. The lowest BCUT2D eigenvalue weighted by Crippen LogP contribution is -2.48. The van der Waals surface area contributed by atoms with Crippen molar-refractivity contribution in [3.05, 3.63) is 28.7 Å². The number of benzene rings is 1. The molecular weight excluding hydrogens is 394 g/mol. The molecule has 1 fully saturated rings. The molecule has 1 amide bonds. The highest BCUT2D eigenvalue weighted by Gasteiger charge is 2.26. The first-order valence-corrected chi connectivity index (χ1v) is 9.44. The van der Waals surface area contributed by atoms with Crippen molar-refractivity contribution in [2.45, 2.75) is 31.3 Å². The van der Waals surface area contributed by atoms with Crippen LogP contribution in [-0.4, -0.2) is 52.1 Å². The van der Waals surface area contributed by atoms with Crippen molar-refractivity contribution in [3.63, 3.8) is 0 Å². The maximum absolute atomic E-state index is 12.3. The first kappa shape index (κ1) is 17.4. The molecule has 128 valence electrons. The average molecular weight is 412 g/mol. The van der Waals surface area contributed by atoms with Crippen molar-refractivity contribution in [2.24, 2.45) is 0 Å². The number of hydrogen-bond donors (Lipinski definition) is 0. The van der Waals surface area contributed by atoms with Gasteiger partial charge in [0.05, 0.1) is 18.0 Å². The fourth-order valence-electron chi connectivity index (χ4n) is 2.60. The summed E-state index contributed by atoms with van der Waals surface area (Å²) in [5.74, 6) is 0.781. The lowest BCUT2D eigenvalue weighted by atomic mass is 10.2. The first-order chi connectivity index (χ1) is 11.5. The van der Waals surface area contributed by atoms with Crippen molar-refractivity contribution in [2.75, 3.05) is 18.8 Å². The number of amides is 1. The third-order valence-electron chi connectivity index (χ3n) is 3.57. The summed E-state index contributed by atoms with van der Waals surface area (Å²) < 4.78 is 12.2. The maximum atomic E-state index is 12.3. The smallest absolute Gasteiger partial charge is 0.277 e. The average Bonchev–Trinajstić information content (AvgIpc) is 3.00. The van der Waals surface area contributed by atoms with Gasteiger partial charge in [-0.25, -0.2) is 0 Å². The second kappa shape index (κ2) is 7.67. The summed E-state index contributed by atoms with van der Waals surface area (Å²) >= 11 is 4.67. The minimum Gasteiger partial charge on any atom is -0.411 e. The fourth-order valence-corrected chi connectivity index (χ4v) is 3.67. The lowest BCUT2D eigenvalue weighted by molar-refractivity contribution is -0.140. The Balaban J connectivity index is 1.58. The van der Waals surface area contributed by atoms with Gasteiger partial charge < -0.3 is 14.1 Å². The van der Waals surface area contributed by atoms with Gasteiger partial charge in [-0.05, 0) is 32.0 Å². The van der Waals surface area contributed by atoms with Crippen LogP contribution in [0.25, 0.3) is 11.5 Å². The Morgan fingerprint density at radius 3 is 2.79 bits per heavy atom. The molecule has 1 aromatic heterocycles. The van der Waals surface area contributed by atoms with Gasteiger partial charge in [-0.2, -0.15) is 0 Å². The van der Waals surface area contributed by atoms with Crippen LogP contribution in [0.1, 0.15) is 13.8 Å². The van der Waals surface area contributed by atoms with E-state index in [1.165, 1.54) is 11.8 Å². The summed E-state index contributed by atoms with van der Waals surface area (Å²) in [6.45, 7) is 5.20. The third kappa shape index (κ3) is 4.37. The van der Waals surface area contributed by atoms with E-state index in [1.807, 2.05) is 43.0 Å². The number of carbonyl (C=O) groups is 1. The molecule has 0 spiro atoms. The number of thioether (sulfide) groups is 1. The van der Waals surface area contributed by atoms with E-state index in [-0.39, 0.29) is 23.9 Å². The van der Waals surface area contributed by atoms with E-state index in [2.05, 4.69) is 26.1 Å². The predicted molar refractivity (Wildman–Crippen MR) is 94.7 cm³/mol. The van der Waals surface area contributed by atoms with Gasteiger partial charge in [0, 0.05) is 23.1 Å². The summed E-state index contributed by atoms with van der Waals surface area (Å²) in [7, 11) is 0. The number of rotatable bonds is 4. The highest BCUT2D eigenvalue weighted by atomic mass is 79.9. The third-order valence-corrected chi connectivity index (χ3v) is 4.87. The van der Waals surface area contributed by atoms with Crippen LogP contribution < -0.4 is 0 Å². The van der Waals surface area contributed by atoms with Gasteiger partial charge in [0.2, 0.25) is 11.8 Å². The molecule has 6 nitrogen and oxygen atoms in total. The van der Waals surface area contributed by atoms with Crippen LogP contribution >= 0.6 is 27.7 Å². The molecule has 8 heteroatoms. The minimum absolute atomic E-state index is 0.0594. The van der Waals surface area contributed by atoms with Crippen LogP contribution in [0.5, 0.6) is 0 Å². The van der Waals surface area contributed by atoms with Gasteiger partial charge >= 0.3 is 0 Å². The molecule has 0 N–H and O–H groups in total. The molecular formula is C16H18BrN3O3S. The van der Waals surface area contributed by atoms with E-state index < -0.39 is 0 Å². The summed E-state index contributed by atoms with van der Waals surface area (Å²) in [6.07, 6.45) is 0.128. The summed E-state index contributed by atoms with van der Waals surface area (Å²) in [5, 5.41) is 8.44. The predicted octanol–water partition coefficient (Wildman–Crippen LogP) is 3.23. The molecule has 2 atom stereocenters. The largest absolute Gasteiger partial charge is 0.411 e. The highest BCUT2D eigenvalue weighted by Crippen LogP contribution is 2.25. The minimum atomic E-state index is 0.0594. The number of halogens is 1. The zero-order valence-corrected chi connectivity index (χ0v) is 15.8. The van der Waals surface area contributed by atoms with Gasteiger partial charge in [0.25, 0.3) is 5.22 Å². The number of carbonyl (C=O) groups excluding carboxylic acids is 1. The van der Waals surface area contributed by atoms with Crippen LogP contribution in [0.4, 0.5) is 0 Å². The SMILES string of the molecule is CC1CN(C(=O)CSc2nnc(-c3cccc(Br)c3)o2)CC(C)O1. The topological polar surface area (TPSA) is 68.5 Å². The Bertz CT molecular complexity index is 714. The highest BCUT2D eigenvalue weighted by molar-refractivity contribution is 9.10. The zero-order chi connectivity index (χ0) is 17.1. The zero-order valence-electron chi connectivity index (χ0n) is 13.4. The van der Waals surface area contributed by atoms with E-state index >= 15 is 0 Å². The van der Waals surface area contributed by atoms with E-state index in [1.54, 1.807) is 0 Å². The Labute approximate surface area is 153 Å².